The van der Waals surface area contributed by atoms with Crippen LogP contribution < -0.4 is 0 Å². The number of benzene rings is 1. The molecule has 0 saturated carbocycles. The number of rotatable bonds is 1. The minimum Gasteiger partial charge on any atom is -0.294 e. The van der Waals surface area contributed by atoms with Crippen LogP contribution in [0, 0.1) is 0 Å². The first-order valence-electron chi connectivity index (χ1n) is 5.02. The van der Waals surface area contributed by atoms with E-state index in [1.54, 1.807) is 11.3 Å². The van der Waals surface area contributed by atoms with Gasteiger partial charge in [-0.3, -0.25) is 4.79 Å². The van der Waals surface area contributed by atoms with E-state index in [1.807, 2.05) is 29.6 Å². The lowest BCUT2D eigenvalue weighted by Crippen LogP contribution is -1.95. The van der Waals surface area contributed by atoms with E-state index in [0.717, 1.165) is 5.56 Å². The van der Waals surface area contributed by atoms with Gasteiger partial charge in [0, 0.05) is 22.8 Å². The average molecular weight is 214 g/mol. The van der Waals surface area contributed by atoms with E-state index < -0.39 is 0 Å². The van der Waals surface area contributed by atoms with Gasteiger partial charge in [-0.2, -0.15) is 0 Å². The Labute approximate surface area is 92.4 Å². The minimum atomic E-state index is 0.292. The van der Waals surface area contributed by atoms with Gasteiger partial charge in [0.1, 0.15) is 0 Å². The topological polar surface area (TPSA) is 17.1 Å². The first-order chi connectivity index (χ1) is 7.36. The fourth-order valence-corrected chi connectivity index (χ4v) is 3.21. The van der Waals surface area contributed by atoms with Gasteiger partial charge in [-0.25, -0.2) is 0 Å². The molecule has 0 bridgehead atoms. The van der Waals surface area contributed by atoms with Gasteiger partial charge in [0.15, 0.2) is 5.78 Å². The van der Waals surface area contributed by atoms with E-state index in [4.69, 9.17) is 0 Å². The van der Waals surface area contributed by atoms with E-state index in [1.165, 1.54) is 10.4 Å². The van der Waals surface area contributed by atoms with Crippen LogP contribution in [0.5, 0.6) is 0 Å². The maximum Gasteiger partial charge on any atom is 0.164 e. The molecule has 2 aromatic rings. The van der Waals surface area contributed by atoms with Gasteiger partial charge in [-0.15, -0.1) is 11.3 Å². The Balaban J connectivity index is 2.09. The fraction of sp³-hybridized carbons (Fsp3) is 0.154. The van der Waals surface area contributed by atoms with Crippen molar-refractivity contribution in [2.24, 2.45) is 0 Å². The van der Waals surface area contributed by atoms with E-state index in [2.05, 4.69) is 12.1 Å². The van der Waals surface area contributed by atoms with Crippen LogP contribution in [0.1, 0.15) is 33.1 Å². The maximum absolute atomic E-state index is 11.7. The van der Waals surface area contributed by atoms with Crippen LogP contribution in [0.2, 0.25) is 0 Å². The van der Waals surface area contributed by atoms with Crippen molar-refractivity contribution in [3.63, 3.8) is 0 Å². The summed E-state index contributed by atoms with van der Waals surface area (Å²) in [7, 11) is 0. The quantitative estimate of drug-likeness (QED) is 0.710. The highest BCUT2D eigenvalue weighted by Crippen LogP contribution is 2.40. The van der Waals surface area contributed by atoms with Crippen LogP contribution >= 0.6 is 11.3 Å². The molecule has 15 heavy (non-hydrogen) atoms. The summed E-state index contributed by atoms with van der Waals surface area (Å²) in [5.41, 5.74) is 2.20. The second-order valence-electron chi connectivity index (χ2n) is 3.79. The summed E-state index contributed by atoms with van der Waals surface area (Å²) in [6.07, 6.45) is 0.645. The SMILES string of the molecule is O=C1CC(c2ccccc2)c2sccc21. The van der Waals surface area contributed by atoms with Gasteiger partial charge in [0.05, 0.1) is 0 Å². The number of fused-ring (bicyclic) bond motifs is 1. The van der Waals surface area contributed by atoms with Crippen molar-refractivity contribution >= 4 is 17.1 Å². The lowest BCUT2D eigenvalue weighted by molar-refractivity contribution is 0.0991. The lowest BCUT2D eigenvalue weighted by atomic mass is 9.98. The molecule has 0 amide bonds. The van der Waals surface area contributed by atoms with Crippen LogP contribution in [-0.4, -0.2) is 5.78 Å². The Morgan fingerprint density at radius 2 is 1.93 bits per heavy atom. The Kier molecular flexibility index (Phi) is 1.96. The van der Waals surface area contributed by atoms with Gasteiger partial charge in [0.25, 0.3) is 0 Å². The van der Waals surface area contributed by atoms with E-state index in [-0.39, 0.29) is 0 Å². The number of Topliss-reactive ketones (excluding diaryl/α,β-unsaturated/α-hetero) is 1. The Hall–Kier alpha value is -1.41. The molecule has 0 saturated heterocycles. The predicted molar refractivity (Wildman–Crippen MR) is 61.6 cm³/mol. The largest absolute Gasteiger partial charge is 0.294 e. The van der Waals surface area contributed by atoms with Gasteiger partial charge >= 0.3 is 0 Å². The zero-order valence-electron chi connectivity index (χ0n) is 8.14. The summed E-state index contributed by atoms with van der Waals surface area (Å²) in [5.74, 6) is 0.591. The van der Waals surface area contributed by atoms with Gasteiger partial charge < -0.3 is 0 Å². The molecule has 0 radical (unpaired) electrons. The highest BCUT2D eigenvalue weighted by atomic mass is 32.1. The molecule has 2 heteroatoms. The Morgan fingerprint density at radius 1 is 1.13 bits per heavy atom. The molecular formula is C13H10OS. The number of hydrogen-bond acceptors (Lipinski definition) is 2. The van der Waals surface area contributed by atoms with Crippen molar-refractivity contribution in [1.29, 1.82) is 0 Å². The van der Waals surface area contributed by atoms with Gasteiger partial charge in [-0.05, 0) is 17.0 Å². The summed E-state index contributed by atoms with van der Waals surface area (Å²) in [6.45, 7) is 0. The van der Waals surface area contributed by atoms with Crippen molar-refractivity contribution in [3.05, 3.63) is 57.8 Å². The number of carbonyl (C=O) groups excluding carboxylic acids is 1. The lowest BCUT2D eigenvalue weighted by Gasteiger charge is -2.08. The summed E-state index contributed by atoms with van der Waals surface area (Å²) in [4.78, 5) is 13.0. The standard InChI is InChI=1S/C13H10OS/c14-12-8-11(9-4-2-1-3-5-9)13-10(12)6-7-15-13/h1-7,11H,8H2. The summed E-state index contributed by atoms with van der Waals surface area (Å²) in [5, 5.41) is 2.01. The zero-order valence-corrected chi connectivity index (χ0v) is 8.96. The average Bonchev–Trinajstić information content (AvgIpc) is 2.84. The first kappa shape index (κ1) is 8.86. The monoisotopic (exact) mass is 214 g/mol. The molecule has 1 aliphatic rings. The summed E-state index contributed by atoms with van der Waals surface area (Å²) in [6, 6.07) is 12.2. The fourth-order valence-electron chi connectivity index (χ4n) is 2.16. The number of thiophene rings is 1. The third-order valence-electron chi connectivity index (χ3n) is 2.90. The van der Waals surface area contributed by atoms with E-state index in [9.17, 15) is 4.79 Å². The second kappa shape index (κ2) is 3.31. The van der Waals surface area contributed by atoms with Crippen LogP contribution in [-0.2, 0) is 0 Å². The highest BCUT2D eigenvalue weighted by molar-refractivity contribution is 7.10. The van der Waals surface area contributed by atoms with Crippen molar-refractivity contribution in [1.82, 2.24) is 0 Å². The smallest absolute Gasteiger partial charge is 0.164 e. The molecule has 1 nitrogen and oxygen atoms in total. The first-order valence-corrected chi connectivity index (χ1v) is 5.90. The molecule has 74 valence electrons. The molecule has 1 heterocycles. The number of ketones is 1. The zero-order chi connectivity index (χ0) is 10.3. The Morgan fingerprint density at radius 3 is 2.73 bits per heavy atom. The molecule has 0 aliphatic heterocycles. The van der Waals surface area contributed by atoms with E-state index in [0.29, 0.717) is 18.1 Å². The third kappa shape index (κ3) is 1.33. The molecular weight excluding hydrogens is 204 g/mol. The third-order valence-corrected chi connectivity index (χ3v) is 3.93. The second-order valence-corrected chi connectivity index (χ2v) is 4.74. The van der Waals surface area contributed by atoms with Crippen molar-refractivity contribution in [3.8, 4) is 0 Å². The molecule has 1 aliphatic carbocycles. The number of carbonyl (C=O) groups is 1. The molecule has 1 unspecified atom stereocenters. The van der Waals surface area contributed by atoms with E-state index >= 15 is 0 Å². The minimum absolute atomic E-state index is 0.292. The van der Waals surface area contributed by atoms with Crippen molar-refractivity contribution in [2.45, 2.75) is 12.3 Å². The molecule has 0 fully saturated rings. The molecule has 1 aromatic heterocycles. The summed E-state index contributed by atoms with van der Waals surface area (Å²) < 4.78 is 0. The normalized spacial score (nSPS) is 19.2. The molecule has 0 spiro atoms. The van der Waals surface area contributed by atoms with Crippen LogP contribution in [0.4, 0.5) is 0 Å². The maximum atomic E-state index is 11.7. The molecule has 3 rings (SSSR count). The van der Waals surface area contributed by atoms with Crippen LogP contribution in [0.15, 0.2) is 41.8 Å². The summed E-state index contributed by atoms with van der Waals surface area (Å²) >= 11 is 1.70. The van der Waals surface area contributed by atoms with Crippen molar-refractivity contribution < 1.29 is 4.79 Å². The highest BCUT2D eigenvalue weighted by Gasteiger charge is 2.31. The van der Waals surface area contributed by atoms with Crippen molar-refractivity contribution in [2.75, 3.05) is 0 Å². The van der Waals surface area contributed by atoms with Crippen LogP contribution in [0.25, 0.3) is 0 Å². The number of hydrogen-bond donors (Lipinski definition) is 0. The molecule has 0 N–H and O–H groups in total. The van der Waals surface area contributed by atoms with Crippen LogP contribution in [0.3, 0.4) is 0 Å². The molecule has 1 atom stereocenters. The van der Waals surface area contributed by atoms with Gasteiger partial charge in [-0.1, -0.05) is 30.3 Å². The predicted octanol–water partition coefficient (Wildman–Crippen LogP) is 3.47. The molecule has 1 aromatic carbocycles. The Bertz CT molecular complexity index is 498. The van der Waals surface area contributed by atoms with Gasteiger partial charge in [0.2, 0.25) is 0 Å².